The molecular formula is C16H15ClN2O4. The Morgan fingerprint density at radius 1 is 1.22 bits per heavy atom. The molecule has 0 aliphatic heterocycles. The van der Waals surface area contributed by atoms with Gasteiger partial charge in [-0.15, -0.1) is 0 Å². The number of halogens is 1. The number of ether oxygens (including phenoxy) is 2. The SMILES string of the molecule is COc1ccccc1NC(=O)[C@@H](C)OC(=O)c1cccnc1Cl. The van der Waals surface area contributed by atoms with Crippen LogP contribution >= 0.6 is 11.6 Å². The second kappa shape index (κ2) is 7.60. The number of benzene rings is 1. The van der Waals surface area contributed by atoms with E-state index in [2.05, 4.69) is 10.3 Å². The zero-order valence-corrected chi connectivity index (χ0v) is 13.3. The van der Waals surface area contributed by atoms with Gasteiger partial charge in [-0.05, 0) is 31.2 Å². The number of methoxy groups -OCH3 is 1. The molecule has 2 rings (SSSR count). The van der Waals surface area contributed by atoms with E-state index in [-0.39, 0.29) is 10.7 Å². The number of esters is 1. The summed E-state index contributed by atoms with van der Waals surface area (Å²) in [6.45, 7) is 1.47. The first-order valence-electron chi connectivity index (χ1n) is 6.78. The Hall–Kier alpha value is -2.60. The molecule has 1 N–H and O–H groups in total. The van der Waals surface area contributed by atoms with Crippen LogP contribution in [0.3, 0.4) is 0 Å². The summed E-state index contributed by atoms with van der Waals surface area (Å²) >= 11 is 5.82. The number of nitrogens with one attached hydrogen (secondary N) is 1. The number of rotatable bonds is 5. The predicted octanol–water partition coefficient (Wildman–Crippen LogP) is 2.93. The van der Waals surface area contributed by atoms with Gasteiger partial charge in [0.1, 0.15) is 10.9 Å². The average molecular weight is 335 g/mol. The van der Waals surface area contributed by atoms with Gasteiger partial charge in [0.25, 0.3) is 5.91 Å². The summed E-state index contributed by atoms with van der Waals surface area (Å²) in [5.41, 5.74) is 0.591. The van der Waals surface area contributed by atoms with Gasteiger partial charge in [0.05, 0.1) is 18.4 Å². The number of anilines is 1. The van der Waals surface area contributed by atoms with E-state index in [1.165, 1.54) is 26.3 Å². The summed E-state index contributed by atoms with van der Waals surface area (Å²) in [7, 11) is 1.50. The number of nitrogens with zero attached hydrogens (tertiary/aromatic N) is 1. The second-order valence-electron chi connectivity index (χ2n) is 4.58. The number of hydrogen-bond donors (Lipinski definition) is 1. The van der Waals surface area contributed by atoms with Crippen molar-refractivity contribution in [3.63, 3.8) is 0 Å². The van der Waals surface area contributed by atoms with E-state index >= 15 is 0 Å². The van der Waals surface area contributed by atoms with Crippen LogP contribution < -0.4 is 10.1 Å². The first-order valence-corrected chi connectivity index (χ1v) is 7.16. The van der Waals surface area contributed by atoms with Gasteiger partial charge in [0.2, 0.25) is 0 Å². The maximum absolute atomic E-state index is 12.1. The van der Waals surface area contributed by atoms with E-state index in [4.69, 9.17) is 21.1 Å². The van der Waals surface area contributed by atoms with Crippen LogP contribution in [0.5, 0.6) is 5.75 Å². The third-order valence-corrected chi connectivity index (χ3v) is 3.30. The molecule has 2 aromatic rings. The molecule has 0 aliphatic rings. The van der Waals surface area contributed by atoms with E-state index in [1.807, 2.05) is 0 Å². The van der Waals surface area contributed by atoms with Crippen LogP contribution in [-0.4, -0.2) is 30.1 Å². The lowest BCUT2D eigenvalue weighted by Crippen LogP contribution is -2.30. The van der Waals surface area contributed by atoms with Gasteiger partial charge in [-0.1, -0.05) is 23.7 Å². The Balaban J connectivity index is 2.03. The van der Waals surface area contributed by atoms with E-state index in [0.29, 0.717) is 11.4 Å². The van der Waals surface area contributed by atoms with Gasteiger partial charge in [-0.3, -0.25) is 4.79 Å². The summed E-state index contributed by atoms with van der Waals surface area (Å²) in [6.07, 6.45) is 0.445. The fourth-order valence-corrected chi connectivity index (χ4v) is 1.99. The number of amides is 1. The molecule has 0 radical (unpaired) electrons. The van der Waals surface area contributed by atoms with Gasteiger partial charge in [-0.2, -0.15) is 0 Å². The largest absolute Gasteiger partial charge is 0.495 e. The molecule has 120 valence electrons. The zero-order chi connectivity index (χ0) is 16.8. The molecule has 23 heavy (non-hydrogen) atoms. The van der Waals surface area contributed by atoms with E-state index in [0.717, 1.165) is 0 Å². The van der Waals surface area contributed by atoms with Crippen LogP contribution in [0.4, 0.5) is 5.69 Å². The molecule has 1 heterocycles. The normalized spacial score (nSPS) is 11.4. The summed E-state index contributed by atoms with van der Waals surface area (Å²) in [5, 5.41) is 2.67. The molecule has 7 heteroatoms. The maximum Gasteiger partial charge on any atom is 0.342 e. The fraction of sp³-hybridized carbons (Fsp3) is 0.188. The topological polar surface area (TPSA) is 77.5 Å². The molecule has 0 unspecified atom stereocenters. The van der Waals surface area contributed by atoms with Crippen LogP contribution in [0.2, 0.25) is 5.15 Å². The molecule has 6 nitrogen and oxygen atoms in total. The van der Waals surface area contributed by atoms with Crippen molar-refractivity contribution in [2.45, 2.75) is 13.0 Å². The number of para-hydroxylation sites is 2. The van der Waals surface area contributed by atoms with Crippen molar-refractivity contribution < 1.29 is 19.1 Å². The predicted molar refractivity (Wildman–Crippen MR) is 85.7 cm³/mol. The molecule has 1 atom stereocenters. The molecule has 1 aromatic heterocycles. The molecule has 1 amide bonds. The van der Waals surface area contributed by atoms with Gasteiger partial charge >= 0.3 is 5.97 Å². The minimum atomic E-state index is -1.01. The molecular weight excluding hydrogens is 320 g/mol. The van der Waals surface area contributed by atoms with Crippen LogP contribution in [0.1, 0.15) is 17.3 Å². The Morgan fingerprint density at radius 2 is 1.96 bits per heavy atom. The standard InChI is InChI=1S/C16H15ClN2O4/c1-10(23-16(21)11-6-5-9-18-14(11)17)15(20)19-12-7-3-4-8-13(12)22-2/h3-10H,1-2H3,(H,19,20)/t10-/m1/s1. The lowest BCUT2D eigenvalue weighted by atomic mass is 10.2. The van der Waals surface area contributed by atoms with Crippen molar-refractivity contribution in [1.29, 1.82) is 0 Å². The van der Waals surface area contributed by atoms with Crippen molar-refractivity contribution in [2.75, 3.05) is 12.4 Å². The highest BCUT2D eigenvalue weighted by Gasteiger charge is 2.21. The van der Waals surface area contributed by atoms with Crippen molar-refractivity contribution in [3.8, 4) is 5.75 Å². The zero-order valence-electron chi connectivity index (χ0n) is 12.6. The van der Waals surface area contributed by atoms with Crippen LogP contribution in [0.15, 0.2) is 42.6 Å². The van der Waals surface area contributed by atoms with Crippen molar-refractivity contribution >= 4 is 29.2 Å². The summed E-state index contributed by atoms with van der Waals surface area (Å²) < 4.78 is 10.3. The first kappa shape index (κ1) is 16.8. The summed E-state index contributed by atoms with van der Waals surface area (Å²) in [6, 6.07) is 9.96. The van der Waals surface area contributed by atoms with Crippen LogP contribution in [0.25, 0.3) is 0 Å². The average Bonchev–Trinajstić information content (AvgIpc) is 2.55. The minimum absolute atomic E-state index is 0.0230. The molecule has 0 saturated carbocycles. The number of pyridine rings is 1. The van der Waals surface area contributed by atoms with Gasteiger partial charge in [0, 0.05) is 6.20 Å². The molecule has 0 saturated heterocycles. The van der Waals surface area contributed by atoms with Gasteiger partial charge in [-0.25, -0.2) is 9.78 Å². The second-order valence-corrected chi connectivity index (χ2v) is 4.94. The summed E-state index contributed by atoms with van der Waals surface area (Å²) in [4.78, 5) is 27.9. The molecule has 0 aliphatic carbocycles. The van der Waals surface area contributed by atoms with E-state index in [9.17, 15) is 9.59 Å². The lowest BCUT2D eigenvalue weighted by molar-refractivity contribution is -0.123. The fourth-order valence-electron chi connectivity index (χ4n) is 1.80. The van der Waals surface area contributed by atoms with Crippen LogP contribution in [-0.2, 0) is 9.53 Å². The maximum atomic E-state index is 12.1. The monoisotopic (exact) mass is 334 g/mol. The number of carbonyl (C=O) groups is 2. The quantitative estimate of drug-likeness (QED) is 0.672. The smallest absolute Gasteiger partial charge is 0.342 e. The Labute approximate surface area is 138 Å². The van der Waals surface area contributed by atoms with Crippen LogP contribution in [0, 0.1) is 0 Å². The molecule has 0 bridgehead atoms. The highest BCUT2D eigenvalue weighted by atomic mass is 35.5. The van der Waals surface area contributed by atoms with Gasteiger partial charge in [0.15, 0.2) is 6.10 Å². The highest BCUT2D eigenvalue weighted by Crippen LogP contribution is 2.23. The highest BCUT2D eigenvalue weighted by molar-refractivity contribution is 6.32. The van der Waals surface area contributed by atoms with E-state index < -0.39 is 18.0 Å². The van der Waals surface area contributed by atoms with Crippen molar-refractivity contribution in [2.24, 2.45) is 0 Å². The molecule has 1 aromatic carbocycles. The third kappa shape index (κ3) is 4.20. The van der Waals surface area contributed by atoms with Crippen molar-refractivity contribution in [1.82, 2.24) is 4.98 Å². The molecule has 0 spiro atoms. The Morgan fingerprint density at radius 3 is 2.65 bits per heavy atom. The third-order valence-electron chi connectivity index (χ3n) is 3.00. The number of aromatic nitrogens is 1. The van der Waals surface area contributed by atoms with Crippen molar-refractivity contribution in [3.05, 3.63) is 53.3 Å². The molecule has 0 fully saturated rings. The summed E-state index contributed by atoms with van der Waals surface area (Å²) in [5.74, 6) is -0.691. The number of hydrogen-bond acceptors (Lipinski definition) is 5. The Kier molecular flexibility index (Phi) is 5.54. The Bertz CT molecular complexity index is 721. The number of carbonyl (C=O) groups excluding carboxylic acids is 2. The lowest BCUT2D eigenvalue weighted by Gasteiger charge is -2.15. The van der Waals surface area contributed by atoms with Gasteiger partial charge < -0.3 is 14.8 Å². The minimum Gasteiger partial charge on any atom is -0.495 e. The first-order chi connectivity index (χ1) is 11.0. The van der Waals surface area contributed by atoms with E-state index in [1.54, 1.807) is 30.3 Å².